The summed E-state index contributed by atoms with van der Waals surface area (Å²) in [4.78, 5) is 22.6. The Morgan fingerprint density at radius 2 is 2.17 bits per heavy atom. The molecule has 0 saturated carbocycles. The highest BCUT2D eigenvalue weighted by atomic mass is 79.9. The lowest BCUT2D eigenvalue weighted by Crippen LogP contribution is -2.26. The van der Waals surface area contributed by atoms with E-state index in [1.807, 2.05) is 13.2 Å². The van der Waals surface area contributed by atoms with Crippen molar-refractivity contribution in [1.29, 1.82) is 0 Å². The van der Waals surface area contributed by atoms with Gasteiger partial charge in [-0.25, -0.2) is 0 Å². The summed E-state index contributed by atoms with van der Waals surface area (Å²) >= 11 is 3.32. The van der Waals surface area contributed by atoms with Crippen LogP contribution in [0.5, 0.6) is 0 Å². The SMILES string of the molecule is COC(=O)CCCCNC(=O)c1cc(Br)cn1C. The van der Waals surface area contributed by atoms with Crippen LogP contribution in [0.2, 0.25) is 0 Å². The van der Waals surface area contributed by atoms with Crippen LogP contribution in [0.4, 0.5) is 0 Å². The second-order valence-corrected chi connectivity index (χ2v) is 4.86. The third-order valence-corrected chi connectivity index (χ3v) is 2.96. The molecule has 0 saturated heterocycles. The Balaban J connectivity index is 2.26. The van der Waals surface area contributed by atoms with Crippen molar-refractivity contribution in [3.8, 4) is 0 Å². The predicted molar refractivity (Wildman–Crippen MR) is 71.3 cm³/mol. The maximum absolute atomic E-state index is 11.8. The van der Waals surface area contributed by atoms with Gasteiger partial charge in [-0.1, -0.05) is 0 Å². The van der Waals surface area contributed by atoms with Gasteiger partial charge in [0.15, 0.2) is 0 Å². The fraction of sp³-hybridized carbons (Fsp3) is 0.500. The van der Waals surface area contributed by atoms with Crippen LogP contribution in [0, 0.1) is 0 Å². The number of hydrogen-bond donors (Lipinski definition) is 1. The van der Waals surface area contributed by atoms with Gasteiger partial charge in [-0.15, -0.1) is 0 Å². The van der Waals surface area contributed by atoms with Crippen molar-refractivity contribution in [3.05, 3.63) is 22.4 Å². The molecule has 0 radical (unpaired) electrons. The number of methoxy groups -OCH3 is 1. The van der Waals surface area contributed by atoms with E-state index in [9.17, 15) is 9.59 Å². The maximum Gasteiger partial charge on any atom is 0.305 e. The fourth-order valence-electron chi connectivity index (χ4n) is 1.54. The van der Waals surface area contributed by atoms with Crippen LogP contribution in [-0.2, 0) is 16.6 Å². The average Bonchev–Trinajstić information content (AvgIpc) is 2.67. The summed E-state index contributed by atoms with van der Waals surface area (Å²) in [6.07, 6.45) is 3.68. The first kappa shape index (κ1) is 14.8. The summed E-state index contributed by atoms with van der Waals surface area (Å²) < 4.78 is 7.16. The Morgan fingerprint density at radius 3 is 2.72 bits per heavy atom. The van der Waals surface area contributed by atoms with Gasteiger partial charge >= 0.3 is 5.97 Å². The van der Waals surface area contributed by atoms with E-state index in [0.717, 1.165) is 10.9 Å². The van der Waals surface area contributed by atoms with Crippen molar-refractivity contribution < 1.29 is 14.3 Å². The first-order chi connectivity index (χ1) is 8.54. The molecule has 1 aromatic heterocycles. The van der Waals surface area contributed by atoms with E-state index in [1.54, 1.807) is 10.6 Å². The van der Waals surface area contributed by atoms with E-state index >= 15 is 0 Å². The van der Waals surface area contributed by atoms with Crippen molar-refractivity contribution >= 4 is 27.8 Å². The number of halogens is 1. The van der Waals surface area contributed by atoms with Gasteiger partial charge < -0.3 is 14.6 Å². The molecule has 0 fully saturated rings. The summed E-state index contributed by atoms with van der Waals surface area (Å²) in [6, 6.07) is 1.77. The molecule has 100 valence electrons. The number of unbranched alkanes of at least 4 members (excludes halogenated alkanes) is 1. The third kappa shape index (κ3) is 4.52. The second kappa shape index (κ2) is 7.20. The predicted octanol–water partition coefficient (Wildman–Crippen LogP) is 1.86. The van der Waals surface area contributed by atoms with E-state index in [1.165, 1.54) is 7.11 Å². The minimum atomic E-state index is -0.215. The molecular weight excluding hydrogens is 300 g/mol. The molecule has 1 aromatic rings. The fourth-order valence-corrected chi connectivity index (χ4v) is 2.06. The smallest absolute Gasteiger partial charge is 0.305 e. The summed E-state index contributed by atoms with van der Waals surface area (Å²) in [5.74, 6) is -0.325. The molecule has 1 rings (SSSR count). The van der Waals surface area contributed by atoms with Gasteiger partial charge in [0.1, 0.15) is 5.69 Å². The van der Waals surface area contributed by atoms with Gasteiger partial charge in [0.2, 0.25) is 0 Å². The van der Waals surface area contributed by atoms with Crippen LogP contribution >= 0.6 is 15.9 Å². The largest absolute Gasteiger partial charge is 0.469 e. The Bertz CT molecular complexity index is 429. The third-order valence-electron chi connectivity index (χ3n) is 2.53. The number of nitrogens with zero attached hydrogens (tertiary/aromatic N) is 1. The van der Waals surface area contributed by atoms with E-state index in [4.69, 9.17) is 0 Å². The lowest BCUT2D eigenvalue weighted by Gasteiger charge is -2.05. The first-order valence-corrected chi connectivity index (χ1v) is 6.50. The number of aromatic nitrogens is 1. The van der Waals surface area contributed by atoms with Crippen molar-refractivity contribution in [2.75, 3.05) is 13.7 Å². The highest BCUT2D eigenvalue weighted by Crippen LogP contribution is 2.13. The average molecular weight is 317 g/mol. The number of amides is 1. The molecule has 5 nitrogen and oxygen atoms in total. The molecule has 1 heterocycles. The van der Waals surface area contributed by atoms with Crippen LogP contribution in [0.3, 0.4) is 0 Å². The second-order valence-electron chi connectivity index (χ2n) is 3.94. The number of esters is 1. The normalized spacial score (nSPS) is 10.2. The summed E-state index contributed by atoms with van der Waals surface area (Å²) in [5.41, 5.74) is 0.606. The van der Waals surface area contributed by atoms with E-state index in [-0.39, 0.29) is 11.9 Å². The monoisotopic (exact) mass is 316 g/mol. The zero-order valence-electron chi connectivity index (χ0n) is 10.5. The molecule has 6 heteroatoms. The Kier molecular flexibility index (Phi) is 5.91. The lowest BCUT2D eigenvalue weighted by molar-refractivity contribution is -0.140. The molecule has 1 N–H and O–H groups in total. The number of carbonyl (C=O) groups is 2. The molecule has 0 aliphatic rings. The molecule has 1 amide bonds. The Labute approximate surface area is 115 Å². The summed E-state index contributed by atoms with van der Waals surface area (Å²) in [5, 5.41) is 2.81. The van der Waals surface area contributed by atoms with Gasteiger partial charge in [0, 0.05) is 30.7 Å². The van der Waals surface area contributed by atoms with Gasteiger partial charge in [0.25, 0.3) is 5.91 Å². The standard InChI is InChI=1S/C12H17BrN2O3/c1-15-8-9(13)7-10(15)12(17)14-6-4-3-5-11(16)18-2/h7-8H,3-6H2,1-2H3,(H,14,17). The van der Waals surface area contributed by atoms with Crippen molar-refractivity contribution in [2.45, 2.75) is 19.3 Å². The lowest BCUT2D eigenvalue weighted by atomic mass is 10.2. The van der Waals surface area contributed by atoms with Crippen LogP contribution in [0.15, 0.2) is 16.7 Å². The first-order valence-electron chi connectivity index (χ1n) is 5.71. The van der Waals surface area contributed by atoms with Gasteiger partial charge in [-0.2, -0.15) is 0 Å². The van der Waals surface area contributed by atoms with Crippen LogP contribution in [0.25, 0.3) is 0 Å². The minimum absolute atomic E-state index is 0.110. The zero-order valence-corrected chi connectivity index (χ0v) is 12.1. The number of carbonyl (C=O) groups excluding carboxylic acids is 2. The molecule has 0 aliphatic carbocycles. The van der Waals surface area contributed by atoms with Crippen LogP contribution in [0.1, 0.15) is 29.8 Å². The molecular formula is C12H17BrN2O3. The van der Waals surface area contributed by atoms with Crippen molar-refractivity contribution in [2.24, 2.45) is 7.05 Å². The van der Waals surface area contributed by atoms with E-state index < -0.39 is 0 Å². The van der Waals surface area contributed by atoms with Crippen molar-refractivity contribution in [3.63, 3.8) is 0 Å². The van der Waals surface area contributed by atoms with Crippen molar-refractivity contribution in [1.82, 2.24) is 9.88 Å². The Hall–Kier alpha value is -1.30. The van der Waals surface area contributed by atoms with Crippen LogP contribution < -0.4 is 5.32 Å². The molecule has 0 unspecified atom stereocenters. The van der Waals surface area contributed by atoms with E-state index in [2.05, 4.69) is 26.0 Å². The molecule has 0 bridgehead atoms. The van der Waals surface area contributed by atoms with Crippen LogP contribution in [-0.4, -0.2) is 30.1 Å². The highest BCUT2D eigenvalue weighted by molar-refractivity contribution is 9.10. The number of nitrogens with one attached hydrogen (secondary N) is 1. The molecule has 18 heavy (non-hydrogen) atoms. The van der Waals surface area contributed by atoms with Gasteiger partial charge in [-0.3, -0.25) is 9.59 Å². The molecule has 0 aromatic carbocycles. The van der Waals surface area contributed by atoms with E-state index in [0.29, 0.717) is 25.1 Å². The highest BCUT2D eigenvalue weighted by Gasteiger charge is 2.10. The number of ether oxygens (including phenoxy) is 1. The quantitative estimate of drug-likeness (QED) is 0.643. The van der Waals surface area contributed by atoms with Gasteiger partial charge in [-0.05, 0) is 34.8 Å². The number of hydrogen-bond acceptors (Lipinski definition) is 3. The molecule has 0 atom stereocenters. The maximum atomic E-state index is 11.8. The molecule has 0 aliphatic heterocycles. The Morgan fingerprint density at radius 1 is 1.44 bits per heavy atom. The number of rotatable bonds is 6. The minimum Gasteiger partial charge on any atom is -0.469 e. The summed E-state index contributed by atoms with van der Waals surface area (Å²) in [6.45, 7) is 0.554. The van der Waals surface area contributed by atoms with Gasteiger partial charge in [0.05, 0.1) is 7.11 Å². The number of aryl methyl sites for hydroxylation is 1. The topological polar surface area (TPSA) is 60.3 Å². The summed E-state index contributed by atoms with van der Waals surface area (Å²) in [7, 11) is 3.19. The zero-order chi connectivity index (χ0) is 13.5. The molecule has 0 spiro atoms.